The number of hydrogen-bond acceptors (Lipinski definition) is 5. The third-order valence-corrected chi connectivity index (χ3v) is 11.6. The van der Waals surface area contributed by atoms with Crippen LogP contribution in [0.2, 0.25) is 0 Å². The van der Waals surface area contributed by atoms with Crippen molar-refractivity contribution >= 4 is 13.7 Å². The molecule has 0 aromatic heterocycles. The Kier molecular flexibility index (Phi) is 42.3. The molecule has 1 amide bonds. The molecule has 9 heteroatoms. The van der Waals surface area contributed by atoms with Gasteiger partial charge in [-0.3, -0.25) is 13.8 Å². The first-order valence-corrected chi connectivity index (χ1v) is 26.5. The number of nitrogens with zero attached hydrogens (tertiary/aromatic N) is 1. The first-order valence-electron chi connectivity index (χ1n) is 25.0. The van der Waals surface area contributed by atoms with Gasteiger partial charge in [0.1, 0.15) is 13.2 Å². The standard InChI is InChI=1S/C53H95N2O6P/c1-6-8-10-12-14-16-18-20-22-24-26-27-29-30-32-34-36-38-40-42-44-46-52(56)51(50-61-62(58,59)60-49-48-55(3,4)5)54-53(57)47-45-43-41-39-37-35-33-31-28-25-23-21-19-17-15-13-11-9-7-2/h9,11,15,17,21,23,28-31,36,38,44,46,51-52,56H,6-8,10,12-14,16,18-20,22,24-27,32-35,37,39-43,45,47-50H2,1-5H3,(H-,54,57,58,59)/p+1/b11-9-,17-15-,23-21-,30-29+,31-28-,38-36+,46-44+. The molecule has 0 bridgehead atoms. The van der Waals surface area contributed by atoms with E-state index in [0.29, 0.717) is 17.4 Å². The van der Waals surface area contributed by atoms with E-state index in [4.69, 9.17) is 9.05 Å². The van der Waals surface area contributed by atoms with E-state index < -0.39 is 20.0 Å². The molecule has 62 heavy (non-hydrogen) atoms. The quantitative estimate of drug-likeness (QED) is 0.0244. The molecule has 0 saturated carbocycles. The monoisotopic (exact) mass is 888 g/mol. The highest BCUT2D eigenvalue weighted by atomic mass is 31.2. The lowest BCUT2D eigenvalue weighted by atomic mass is 10.1. The number of aliphatic hydroxyl groups is 1. The summed E-state index contributed by atoms with van der Waals surface area (Å²) >= 11 is 0. The van der Waals surface area contributed by atoms with Crippen LogP contribution in [0.4, 0.5) is 0 Å². The zero-order valence-electron chi connectivity index (χ0n) is 40.6. The van der Waals surface area contributed by atoms with Crippen LogP contribution < -0.4 is 5.32 Å². The second-order valence-corrected chi connectivity index (χ2v) is 19.2. The molecule has 0 aromatic rings. The highest BCUT2D eigenvalue weighted by Gasteiger charge is 2.27. The number of quaternary nitrogens is 1. The van der Waals surface area contributed by atoms with Gasteiger partial charge in [0.25, 0.3) is 0 Å². The van der Waals surface area contributed by atoms with Gasteiger partial charge >= 0.3 is 7.82 Å². The maximum atomic E-state index is 12.9. The van der Waals surface area contributed by atoms with Crippen molar-refractivity contribution in [3.8, 4) is 0 Å². The van der Waals surface area contributed by atoms with E-state index in [-0.39, 0.29) is 19.1 Å². The lowest BCUT2D eigenvalue weighted by Gasteiger charge is -2.25. The minimum Gasteiger partial charge on any atom is -0.387 e. The lowest BCUT2D eigenvalue weighted by Crippen LogP contribution is -2.45. The number of carbonyl (C=O) groups excluding carboxylic acids is 1. The molecule has 0 rings (SSSR count). The average Bonchev–Trinajstić information content (AvgIpc) is 3.23. The van der Waals surface area contributed by atoms with Crippen molar-refractivity contribution in [3.05, 3.63) is 85.1 Å². The van der Waals surface area contributed by atoms with Crippen LogP contribution in [0.25, 0.3) is 0 Å². The number of nitrogens with one attached hydrogen (secondary N) is 1. The molecule has 0 heterocycles. The van der Waals surface area contributed by atoms with Crippen LogP contribution in [-0.2, 0) is 18.4 Å². The molecule has 3 unspecified atom stereocenters. The van der Waals surface area contributed by atoms with Gasteiger partial charge in [-0.2, -0.15) is 0 Å². The molecule has 0 fully saturated rings. The average molecular weight is 888 g/mol. The second-order valence-electron chi connectivity index (χ2n) is 17.8. The molecule has 3 atom stereocenters. The van der Waals surface area contributed by atoms with E-state index in [1.54, 1.807) is 6.08 Å². The Morgan fingerprint density at radius 3 is 1.48 bits per heavy atom. The predicted octanol–water partition coefficient (Wildman–Crippen LogP) is 14.5. The largest absolute Gasteiger partial charge is 0.472 e. The van der Waals surface area contributed by atoms with Gasteiger partial charge in [0.2, 0.25) is 5.91 Å². The summed E-state index contributed by atoms with van der Waals surface area (Å²) in [6, 6.07) is -0.882. The fraction of sp³-hybridized carbons (Fsp3) is 0.717. The summed E-state index contributed by atoms with van der Waals surface area (Å²) in [7, 11) is 1.52. The van der Waals surface area contributed by atoms with Gasteiger partial charge in [0.05, 0.1) is 39.9 Å². The summed E-state index contributed by atoms with van der Waals surface area (Å²) in [5.74, 6) is -0.208. The lowest BCUT2D eigenvalue weighted by molar-refractivity contribution is -0.870. The van der Waals surface area contributed by atoms with Crippen molar-refractivity contribution < 1.29 is 32.9 Å². The zero-order chi connectivity index (χ0) is 45.7. The molecule has 0 aliphatic heterocycles. The van der Waals surface area contributed by atoms with Crippen LogP contribution in [0.5, 0.6) is 0 Å². The number of likely N-dealkylation sites (N-methyl/N-ethyl adjacent to an activating group) is 1. The van der Waals surface area contributed by atoms with Gasteiger partial charge in [-0.1, -0.05) is 189 Å². The number of phosphoric acid groups is 1. The summed E-state index contributed by atoms with van der Waals surface area (Å²) in [5, 5.41) is 13.8. The van der Waals surface area contributed by atoms with Crippen LogP contribution in [0.3, 0.4) is 0 Å². The summed E-state index contributed by atoms with van der Waals surface area (Å²) in [5.41, 5.74) is 0. The summed E-state index contributed by atoms with van der Waals surface area (Å²) in [6.07, 6.45) is 60.9. The maximum absolute atomic E-state index is 12.9. The summed E-state index contributed by atoms with van der Waals surface area (Å²) < 4.78 is 23.6. The van der Waals surface area contributed by atoms with Gasteiger partial charge in [-0.25, -0.2) is 4.57 Å². The molecular formula is C53H96N2O6P+. The second kappa shape index (κ2) is 43.9. The van der Waals surface area contributed by atoms with E-state index in [9.17, 15) is 19.4 Å². The Balaban J connectivity index is 4.46. The number of rotatable bonds is 44. The molecule has 0 aromatic carbocycles. The Hall–Kier alpha value is -2.32. The Labute approximate surface area is 382 Å². The van der Waals surface area contributed by atoms with E-state index in [0.717, 1.165) is 83.5 Å². The van der Waals surface area contributed by atoms with Crippen LogP contribution >= 0.6 is 7.82 Å². The topological polar surface area (TPSA) is 105 Å². The van der Waals surface area contributed by atoms with Crippen molar-refractivity contribution in [2.45, 2.75) is 206 Å². The first-order chi connectivity index (χ1) is 30.0. The van der Waals surface area contributed by atoms with E-state index in [1.807, 2.05) is 27.2 Å². The van der Waals surface area contributed by atoms with E-state index in [2.05, 4.69) is 92.1 Å². The molecule has 0 radical (unpaired) electrons. The number of unbranched alkanes of at least 4 members (excludes halogenated alkanes) is 19. The van der Waals surface area contributed by atoms with E-state index in [1.165, 1.54) is 89.9 Å². The first kappa shape index (κ1) is 59.7. The number of amides is 1. The molecule has 0 aliphatic rings. The van der Waals surface area contributed by atoms with Crippen molar-refractivity contribution in [2.24, 2.45) is 0 Å². The maximum Gasteiger partial charge on any atom is 0.472 e. The third kappa shape index (κ3) is 45.7. The zero-order valence-corrected chi connectivity index (χ0v) is 41.5. The molecule has 0 aliphatic carbocycles. The van der Waals surface area contributed by atoms with Gasteiger partial charge in [0.15, 0.2) is 0 Å². The number of allylic oxidation sites excluding steroid dienone is 13. The van der Waals surface area contributed by atoms with Crippen molar-refractivity contribution in [1.82, 2.24) is 5.32 Å². The van der Waals surface area contributed by atoms with Gasteiger partial charge in [0, 0.05) is 6.42 Å². The van der Waals surface area contributed by atoms with Crippen molar-refractivity contribution in [2.75, 3.05) is 40.9 Å². The molecule has 0 saturated heterocycles. The predicted molar refractivity (Wildman–Crippen MR) is 267 cm³/mol. The smallest absolute Gasteiger partial charge is 0.387 e. The Morgan fingerprint density at radius 2 is 0.984 bits per heavy atom. The molecular weight excluding hydrogens is 792 g/mol. The molecule has 358 valence electrons. The van der Waals surface area contributed by atoms with Crippen molar-refractivity contribution in [3.63, 3.8) is 0 Å². The molecule has 0 spiro atoms. The number of aliphatic hydroxyl groups excluding tert-OH is 1. The van der Waals surface area contributed by atoms with Crippen LogP contribution in [-0.4, -0.2) is 73.4 Å². The van der Waals surface area contributed by atoms with Gasteiger partial charge < -0.3 is 19.8 Å². The fourth-order valence-corrected chi connectivity index (χ4v) is 7.39. The van der Waals surface area contributed by atoms with Crippen molar-refractivity contribution in [1.29, 1.82) is 0 Å². The number of phosphoric ester groups is 1. The molecule has 3 N–H and O–H groups in total. The minimum atomic E-state index is -4.36. The summed E-state index contributed by atoms with van der Waals surface area (Å²) in [4.78, 5) is 23.2. The highest BCUT2D eigenvalue weighted by molar-refractivity contribution is 7.47. The van der Waals surface area contributed by atoms with Crippen LogP contribution in [0.15, 0.2) is 85.1 Å². The SMILES string of the molecule is CC/C=C\C/C=C\C/C=C\C/C=C\CCCCCCCCC(=O)NC(COP(=O)(O)OCC[N+](C)(C)C)C(O)/C=C/CC/C=C/CC/C=C/CCCCCCCCCCCCC. The van der Waals surface area contributed by atoms with Crippen LogP contribution in [0.1, 0.15) is 194 Å². The van der Waals surface area contributed by atoms with Crippen LogP contribution in [0, 0.1) is 0 Å². The molecule has 8 nitrogen and oxygen atoms in total. The highest BCUT2D eigenvalue weighted by Crippen LogP contribution is 2.43. The normalized spacial score (nSPS) is 14.9. The minimum absolute atomic E-state index is 0.0461. The number of carbonyl (C=O) groups is 1. The third-order valence-electron chi connectivity index (χ3n) is 10.6. The van der Waals surface area contributed by atoms with Gasteiger partial charge in [-0.05, 0) is 83.5 Å². The Morgan fingerprint density at radius 1 is 0.565 bits per heavy atom. The van der Waals surface area contributed by atoms with E-state index >= 15 is 0 Å². The Bertz CT molecular complexity index is 1280. The number of hydrogen-bond donors (Lipinski definition) is 3. The fourth-order valence-electron chi connectivity index (χ4n) is 6.65. The summed E-state index contributed by atoms with van der Waals surface area (Å²) in [6.45, 7) is 4.65. The van der Waals surface area contributed by atoms with Gasteiger partial charge in [-0.15, -0.1) is 0 Å².